The molecule has 4 aliphatic carbocycles. The van der Waals surface area contributed by atoms with Gasteiger partial charge in [-0.1, -0.05) is 72.3 Å². The topological polar surface area (TPSA) is 20.2 Å². The third-order valence-corrected chi connectivity index (χ3v) is 11.0. The number of aliphatic hydroxyl groups excluding tert-OH is 1. The second-order valence-electron chi connectivity index (χ2n) is 13.2. The van der Waals surface area contributed by atoms with Crippen LogP contribution in [0.2, 0.25) is 0 Å². The summed E-state index contributed by atoms with van der Waals surface area (Å²) in [5.41, 5.74) is 2.50. The van der Waals surface area contributed by atoms with Gasteiger partial charge in [-0.05, 0) is 110 Å². The predicted molar refractivity (Wildman–Crippen MR) is 133 cm³/mol. The van der Waals surface area contributed by atoms with E-state index in [0.717, 1.165) is 48.3 Å². The molecule has 1 N–H and O–H groups in total. The van der Waals surface area contributed by atoms with Crippen LogP contribution in [-0.4, -0.2) is 11.2 Å². The first-order valence-corrected chi connectivity index (χ1v) is 13.6. The number of hydrogen-bond donors (Lipinski definition) is 1. The van der Waals surface area contributed by atoms with Crippen molar-refractivity contribution in [3.05, 3.63) is 23.8 Å². The Morgan fingerprint density at radius 2 is 1.61 bits per heavy atom. The molecule has 3 fully saturated rings. The van der Waals surface area contributed by atoms with Gasteiger partial charge in [0.1, 0.15) is 0 Å². The van der Waals surface area contributed by atoms with E-state index in [-0.39, 0.29) is 6.10 Å². The molecule has 0 aromatic carbocycles. The summed E-state index contributed by atoms with van der Waals surface area (Å²) in [6, 6.07) is 0. The van der Waals surface area contributed by atoms with Crippen LogP contribution in [0.25, 0.3) is 0 Å². The summed E-state index contributed by atoms with van der Waals surface area (Å²) in [6.45, 7) is 17.3. The molecule has 3 saturated carbocycles. The monoisotopic (exact) mass is 426 g/mol. The van der Waals surface area contributed by atoms with Gasteiger partial charge in [0.25, 0.3) is 0 Å². The molecule has 3 unspecified atom stereocenters. The van der Waals surface area contributed by atoms with Crippen LogP contribution in [0.3, 0.4) is 0 Å². The SMILES string of the molecule is CC(C)C(/C=C/[C@H](C)[C@H]1CCC2C3CC=C4C[C@@H](O)CC[C@]4(C)C3CC[C@@]21C)C(C)C. The lowest BCUT2D eigenvalue weighted by atomic mass is 9.47. The molecule has 0 aliphatic heterocycles. The summed E-state index contributed by atoms with van der Waals surface area (Å²) in [7, 11) is 0. The summed E-state index contributed by atoms with van der Waals surface area (Å²) in [5.74, 6) is 6.33. The lowest BCUT2D eigenvalue weighted by Crippen LogP contribution is -2.50. The van der Waals surface area contributed by atoms with E-state index in [2.05, 4.69) is 66.7 Å². The van der Waals surface area contributed by atoms with E-state index in [1.165, 1.54) is 38.5 Å². The van der Waals surface area contributed by atoms with Crippen molar-refractivity contribution in [3.63, 3.8) is 0 Å². The average molecular weight is 427 g/mol. The summed E-state index contributed by atoms with van der Waals surface area (Å²) in [6.07, 6.45) is 17.8. The van der Waals surface area contributed by atoms with Gasteiger partial charge < -0.3 is 5.11 Å². The van der Waals surface area contributed by atoms with Crippen LogP contribution < -0.4 is 0 Å². The normalized spacial score (nSPS) is 43.8. The summed E-state index contributed by atoms with van der Waals surface area (Å²) >= 11 is 0. The van der Waals surface area contributed by atoms with Gasteiger partial charge in [-0.3, -0.25) is 0 Å². The van der Waals surface area contributed by atoms with Crippen molar-refractivity contribution < 1.29 is 5.11 Å². The fourth-order valence-electron chi connectivity index (χ4n) is 9.20. The summed E-state index contributed by atoms with van der Waals surface area (Å²) in [5, 5.41) is 10.3. The molecule has 0 heterocycles. The molecule has 4 aliphatic rings. The molecule has 0 amide bonds. The fourth-order valence-corrected chi connectivity index (χ4v) is 9.20. The Bertz CT molecular complexity index is 693. The van der Waals surface area contributed by atoms with Gasteiger partial charge >= 0.3 is 0 Å². The second kappa shape index (κ2) is 8.66. The smallest absolute Gasteiger partial charge is 0.0577 e. The van der Waals surface area contributed by atoms with Crippen molar-refractivity contribution in [1.82, 2.24) is 0 Å². The van der Waals surface area contributed by atoms with Gasteiger partial charge in [0.15, 0.2) is 0 Å². The highest BCUT2D eigenvalue weighted by molar-refractivity contribution is 5.25. The zero-order valence-corrected chi connectivity index (χ0v) is 21.5. The van der Waals surface area contributed by atoms with E-state index in [0.29, 0.717) is 22.7 Å². The van der Waals surface area contributed by atoms with Crippen molar-refractivity contribution in [2.75, 3.05) is 0 Å². The molecule has 0 spiro atoms. The van der Waals surface area contributed by atoms with E-state index in [4.69, 9.17) is 0 Å². The van der Waals surface area contributed by atoms with Crippen molar-refractivity contribution >= 4 is 0 Å². The highest BCUT2D eigenvalue weighted by atomic mass is 16.3. The van der Waals surface area contributed by atoms with Crippen LogP contribution >= 0.6 is 0 Å². The molecular formula is C30H50O. The first-order valence-electron chi connectivity index (χ1n) is 13.6. The maximum atomic E-state index is 10.3. The van der Waals surface area contributed by atoms with Crippen LogP contribution in [0, 0.1) is 58.2 Å². The Morgan fingerprint density at radius 1 is 0.903 bits per heavy atom. The van der Waals surface area contributed by atoms with Crippen molar-refractivity contribution in [2.24, 2.45) is 58.2 Å². The molecule has 8 atom stereocenters. The second-order valence-corrected chi connectivity index (χ2v) is 13.2. The van der Waals surface area contributed by atoms with E-state index >= 15 is 0 Å². The Morgan fingerprint density at radius 3 is 2.29 bits per heavy atom. The van der Waals surface area contributed by atoms with Gasteiger partial charge in [0.05, 0.1) is 6.10 Å². The lowest BCUT2D eigenvalue weighted by molar-refractivity contribution is -0.0540. The van der Waals surface area contributed by atoms with Gasteiger partial charge in [0.2, 0.25) is 0 Å². The molecule has 4 rings (SSSR count). The number of rotatable bonds is 5. The highest BCUT2D eigenvalue weighted by Crippen LogP contribution is 2.67. The zero-order valence-electron chi connectivity index (χ0n) is 21.5. The highest BCUT2D eigenvalue weighted by Gasteiger charge is 2.58. The maximum Gasteiger partial charge on any atom is 0.0577 e. The molecule has 1 nitrogen and oxygen atoms in total. The lowest BCUT2D eigenvalue weighted by Gasteiger charge is -2.58. The van der Waals surface area contributed by atoms with Crippen molar-refractivity contribution in [1.29, 1.82) is 0 Å². The quantitative estimate of drug-likeness (QED) is 0.441. The molecule has 0 bridgehead atoms. The molecule has 0 saturated heterocycles. The molecule has 31 heavy (non-hydrogen) atoms. The number of fused-ring (bicyclic) bond motifs is 5. The van der Waals surface area contributed by atoms with E-state index in [1.807, 2.05) is 0 Å². The number of allylic oxidation sites excluding steroid dienone is 3. The number of aliphatic hydroxyl groups is 1. The molecular weight excluding hydrogens is 376 g/mol. The van der Waals surface area contributed by atoms with Crippen molar-refractivity contribution in [3.8, 4) is 0 Å². The molecule has 0 aromatic heterocycles. The van der Waals surface area contributed by atoms with Gasteiger partial charge in [-0.2, -0.15) is 0 Å². The van der Waals surface area contributed by atoms with Gasteiger partial charge in [-0.15, -0.1) is 0 Å². The Kier molecular flexibility index (Phi) is 6.59. The first kappa shape index (κ1) is 23.6. The summed E-state index contributed by atoms with van der Waals surface area (Å²) < 4.78 is 0. The third-order valence-electron chi connectivity index (χ3n) is 11.0. The van der Waals surface area contributed by atoms with Gasteiger partial charge in [0, 0.05) is 0 Å². The van der Waals surface area contributed by atoms with Crippen molar-refractivity contribution in [2.45, 2.75) is 106 Å². The summed E-state index contributed by atoms with van der Waals surface area (Å²) in [4.78, 5) is 0. The fraction of sp³-hybridized carbons (Fsp3) is 0.867. The Hall–Kier alpha value is -0.560. The largest absolute Gasteiger partial charge is 0.393 e. The minimum atomic E-state index is -0.0891. The minimum absolute atomic E-state index is 0.0891. The van der Waals surface area contributed by atoms with Crippen LogP contribution in [0.5, 0.6) is 0 Å². The van der Waals surface area contributed by atoms with Crippen LogP contribution in [0.4, 0.5) is 0 Å². The maximum absolute atomic E-state index is 10.3. The molecule has 0 aromatic rings. The Labute approximate surface area is 193 Å². The first-order chi connectivity index (χ1) is 14.6. The number of hydrogen-bond acceptors (Lipinski definition) is 1. The van der Waals surface area contributed by atoms with Crippen LogP contribution in [-0.2, 0) is 0 Å². The molecule has 0 radical (unpaired) electrons. The average Bonchev–Trinajstić information content (AvgIpc) is 3.05. The molecule has 1 heteroatoms. The standard InChI is InChI=1S/C30H50O/c1-19(2)24(20(3)4)10-8-21(5)26-12-13-27-25-11-9-22-18-23(31)14-16-29(22,6)28(25)15-17-30(26,27)7/h8-10,19-21,23-28,31H,11-18H2,1-7H3/b10-8+/t21-,23-,25?,26+,27?,28?,29-,30+/m0/s1. The zero-order chi connectivity index (χ0) is 22.6. The predicted octanol–water partition coefficient (Wildman–Crippen LogP) is 8.05. The van der Waals surface area contributed by atoms with E-state index in [1.54, 1.807) is 5.57 Å². The molecule has 176 valence electrons. The third kappa shape index (κ3) is 4.00. The minimum Gasteiger partial charge on any atom is -0.393 e. The van der Waals surface area contributed by atoms with E-state index < -0.39 is 0 Å². The van der Waals surface area contributed by atoms with E-state index in [9.17, 15) is 5.11 Å². The van der Waals surface area contributed by atoms with Gasteiger partial charge in [-0.25, -0.2) is 0 Å². The van der Waals surface area contributed by atoms with Crippen LogP contribution in [0.1, 0.15) is 99.8 Å². The van der Waals surface area contributed by atoms with Crippen LogP contribution in [0.15, 0.2) is 23.8 Å². The Balaban J connectivity index is 1.52.